The van der Waals surface area contributed by atoms with Gasteiger partial charge < -0.3 is 40.1 Å². The Bertz CT molecular complexity index is 1930. The standard InChI is InChI=1S/C32H26O12/c1-10-5-11-12(6-16(10)33)26(38)23-21(25(11)37)17(34)7-13(29(23)43-3)14-8-18(35)22-24(30(14)44-4)28(40)20-15(27(22)39)9-19(36)32(2,42)31(20)41/h5-8,19,31,33-36,41-42H,9H2,1-4H3/t19-,31+,32-/m1/s1. The molecule has 3 atom stereocenters. The topological polar surface area (TPSA) is 208 Å². The second-order valence-corrected chi connectivity index (χ2v) is 11.2. The molecule has 0 radical (unpaired) electrons. The quantitative estimate of drug-likeness (QED) is 0.199. The van der Waals surface area contributed by atoms with Gasteiger partial charge in [0.1, 0.15) is 40.5 Å². The summed E-state index contributed by atoms with van der Waals surface area (Å²) in [4.78, 5) is 54.7. The van der Waals surface area contributed by atoms with Crippen LogP contribution in [0.4, 0.5) is 0 Å². The highest BCUT2D eigenvalue weighted by atomic mass is 16.5. The summed E-state index contributed by atoms with van der Waals surface area (Å²) in [7, 11) is 2.36. The highest BCUT2D eigenvalue weighted by Crippen LogP contribution is 2.52. The molecule has 0 heterocycles. The molecule has 0 bridgehead atoms. The molecule has 0 amide bonds. The van der Waals surface area contributed by atoms with E-state index < -0.39 is 75.6 Å². The Balaban J connectivity index is 1.62. The zero-order valence-corrected chi connectivity index (χ0v) is 23.8. The first-order valence-electron chi connectivity index (χ1n) is 13.4. The third-order valence-corrected chi connectivity index (χ3v) is 8.69. The van der Waals surface area contributed by atoms with Crippen molar-refractivity contribution in [2.24, 2.45) is 0 Å². The van der Waals surface area contributed by atoms with Crippen LogP contribution in [-0.4, -0.2) is 85.8 Å². The van der Waals surface area contributed by atoms with E-state index >= 15 is 0 Å². The number of ketones is 4. The average molecular weight is 603 g/mol. The fourth-order valence-corrected chi connectivity index (χ4v) is 6.27. The van der Waals surface area contributed by atoms with Crippen molar-refractivity contribution in [3.8, 4) is 39.9 Å². The molecule has 3 aliphatic carbocycles. The fourth-order valence-electron chi connectivity index (χ4n) is 6.27. The van der Waals surface area contributed by atoms with Crippen LogP contribution in [0.25, 0.3) is 11.1 Å². The van der Waals surface area contributed by atoms with Crippen molar-refractivity contribution < 1.29 is 59.3 Å². The number of aliphatic hydroxyl groups is 3. The molecule has 44 heavy (non-hydrogen) atoms. The minimum absolute atomic E-state index is 0.0351. The van der Waals surface area contributed by atoms with Crippen LogP contribution in [0.2, 0.25) is 0 Å². The number of hydrogen-bond donors (Lipinski definition) is 6. The molecule has 0 aromatic heterocycles. The van der Waals surface area contributed by atoms with E-state index in [-0.39, 0.29) is 56.2 Å². The number of rotatable bonds is 3. The number of methoxy groups -OCH3 is 2. The molecule has 3 aromatic carbocycles. The van der Waals surface area contributed by atoms with Gasteiger partial charge in [0, 0.05) is 39.8 Å². The van der Waals surface area contributed by atoms with Crippen molar-refractivity contribution in [1.29, 1.82) is 0 Å². The number of aryl methyl sites for hydroxylation is 1. The molecule has 0 unspecified atom stereocenters. The number of carbonyl (C=O) groups excluding carboxylic acids is 4. The van der Waals surface area contributed by atoms with Gasteiger partial charge in [-0.15, -0.1) is 0 Å². The van der Waals surface area contributed by atoms with Gasteiger partial charge in [0.15, 0.2) is 23.1 Å². The number of aromatic hydroxyl groups is 3. The van der Waals surface area contributed by atoms with Crippen molar-refractivity contribution in [2.45, 2.75) is 38.1 Å². The van der Waals surface area contributed by atoms with Gasteiger partial charge in [-0.25, -0.2) is 0 Å². The van der Waals surface area contributed by atoms with Crippen LogP contribution in [0.1, 0.15) is 71.5 Å². The van der Waals surface area contributed by atoms with Crippen LogP contribution in [0.5, 0.6) is 28.7 Å². The Morgan fingerprint density at radius 3 is 1.68 bits per heavy atom. The summed E-state index contributed by atoms with van der Waals surface area (Å²) in [6.07, 6.45) is -4.02. The van der Waals surface area contributed by atoms with E-state index in [9.17, 15) is 49.8 Å². The monoisotopic (exact) mass is 602 g/mol. The van der Waals surface area contributed by atoms with E-state index in [0.29, 0.717) is 5.56 Å². The largest absolute Gasteiger partial charge is 0.508 e. The lowest BCUT2D eigenvalue weighted by molar-refractivity contribution is -0.126. The number of fused-ring (bicyclic) bond motifs is 3. The van der Waals surface area contributed by atoms with Crippen LogP contribution in [-0.2, 0) is 0 Å². The van der Waals surface area contributed by atoms with Gasteiger partial charge in [-0.3, -0.25) is 19.2 Å². The van der Waals surface area contributed by atoms with Crippen molar-refractivity contribution in [3.05, 3.63) is 74.4 Å². The van der Waals surface area contributed by atoms with Gasteiger partial charge in [0.2, 0.25) is 0 Å². The molecule has 6 N–H and O–H groups in total. The Labute approximate surface area is 249 Å². The van der Waals surface area contributed by atoms with Gasteiger partial charge in [-0.2, -0.15) is 0 Å². The van der Waals surface area contributed by atoms with E-state index in [1.54, 1.807) is 6.92 Å². The van der Waals surface area contributed by atoms with Crippen LogP contribution in [0, 0.1) is 6.92 Å². The van der Waals surface area contributed by atoms with Crippen molar-refractivity contribution in [3.63, 3.8) is 0 Å². The van der Waals surface area contributed by atoms with Crippen molar-refractivity contribution >= 4 is 23.1 Å². The van der Waals surface area contributed by atoms with Crippen LogP contribution in [0.15, 0.2) is 35.4 Å². The SMILES string of the molecule is COc1c(-c2cc(O)c3c(c2OC)C(=O)c2cc(O)c(C)cc2C3=O)cc(O)c2c1C(=O)C1=C(C[C@@H](O)[C@@](C)(O)[C@H]1O)C2=O. The first-order chi connectivity index (χ1) is 20.7. The normalized spacial score (nSPS) is 22.3. The Kier molecular flexibility index (Phi) is 6.26. The van der Waals surface area contributed by atoms with Crippen molar-refractivity contribution in [2.75, 3.05) is 14.2 Å². The summed E-state index contributed by atoms with van der Waals surface area (Å²) < 4.78 is 11.1. The van der Waals surface area contributed by atoms with E-state index in [4.69, 9.17) is 9.47 Å². The predicted molar refractivity (Wildman–Crippen MR) is 151 cm³/mol. The maximum atomic E-state index is 13.9. The highest BCUT2D eigenvalue weighted by Gasteiger charge is 2.52. The molecule has 12 nitrogen and oxygen atoms in total. The van der Waals surface area contributed by atoms with Crippen LogP contribution >= 0.6 is 0 Å². The van der Waals surface area contributed by atoms with Gasteiger partial charge in [-0.1, -0.05) is 0 Å². The van der Waals surface area contributed by atoms with Crippen molar-refractivity contribution in [1.82, 2.24) is 0 Å². The average Bonchev–Trinajstić information content (AvgIpc) is 2.97. The molecule has 6 rings (SSSR count). The van der Waals surface area contributed by atoms with Crippen LogP contribution < -0.4 is 9.47 Å². The van der Waals surface area contributed by atoms with Gasteiger partial charge in [0.25, 0.3) is 0 Å². The molecule has 0 saturated heterocycles. The van der Waals surface area contributed by atoms with E-state index in [0.717, 1.165) is 32.2 Å². The van der Waals surface area contributed by atoms with E-state index in [2.05, 4.69) is 0 Å². The number of benzene rings is 3. The smallest absolute Gasteiger partial charge is 0.198 e. The Morgan fingerprint density at radius 2 is 1.14 bits per heavy atom. The predicted octanol–water partition coefficient (Wildman–Crippen LogP) is 2.12. The molecular formula is C32H26O12. The molecule has 3 aromatic rings. The first-order valence-corrected chi connectivity index (χ1v) is 13.4. The van der Waals surface area contributed by atoms with E-state index in [1.807, 2.05) is 0 Å². The molecule has 226 valence electrons. The second-order valence-electron chi connectivity index (χ2n) is 11.2. The third-order valence-electron chi connectivity index (χ3n) is 8.69. The molecule has 3 aliphatic rings. The molecular weight excluding hydrogens is 576 g/mol. The van der Waals surface area contributed by atoms with Crippen LogP contribution in [0.3, 0.4) is 0 Å². The minimum atomic E-state index is -2.18. The summed E-state index contributed by atoms with van der Waals surface area (Å²) in [5.41, 5.74) is -4.63. The number of phenolic OH excluding ortho intramolecular Hbond substituents is 3. The third kappa shape index (κ3) is 3.62. The lowest BCUT2D eigenvalue weighted by Crippen LogP contribution is -2.56. The lowest BCUT2D eigenvalue weighted by Gasteiger charge is -2.41. The summed E-state index contributed by atoms with van der Waals surface area (Å²) in [6.45, 7) is 2.66. The number of carbonyl (C=O) groups is 4. The molecule has 0 spiro atoms. The number of hydrogen-bond acceptors (Lipinski definition) is 12. The Morgan fingerprint density at radius 1 is 0.682 bits per heavy atom. The Hall–Kier alpha value is -5.04. The zero-order valence-electron chi connectivity index (χ0n) is 23.8. The van der Waals surface area contributed by atoms with E-state index in [1.165, 1.54) is 13.2 Å². The number of Topliss-reactive ketones (excluding diaryl/α,β-unsaturated/α-hetero) is 2. The number of phenols is 3. The highest BCUT2D eigenvalue weighted by molar-refractivity contribution is 6.32. The van der Waals surface area contributed by atoms with Gasteiger partial charge >= 0.3 is 0 Å². The number of ether oxygens (including phenoxy) is 2. The molecule has 0 fully saturated rings. The van der Waals surface area contributed by atoms with Gasteiger partial charge in [-0.05, 0) is 43.7 Å². The molecule has 0 aliphatic heterocycles. The fraction of sp³-hybridized carbons (Fsp3) is 0.250. The second kappa shape index (κ2) is 9.48. The summed E-state index contributed by atoms with van der Waals surface area (Å²) in [6, 6.07) is 4.61. The maximum Gasteiger partial charge on any atom is 0.198 e. The molecule has 12 heteroatoms. The lowest BCUT2D eigenvalue weighted by atomic mass is 9.69. The number of aliphatic hydroxyl groups excluding tert-OH is 2. The molecule has 0 saturated carbocycles. The summed E-state index contributed by atoms with van der Waals surface area (Å²) >= 11 is 0. The zero-order chi connectivity index (χ0) is 32.2. The summed E-state index contributed by atoms with van der Waals surface area (Å²) in [5, 5.41) is 64.4. The summed E-state index contributed by atoms with van der Waals surface area (Å²) in [5.74, 6) is -5.41. The maximum absolute atomic E-state index is 13.9. The van der Waals surface area contributed by atoms with Gasteiger partial charge in [0.05, 0.1) is 42.6 Å². The minimum Gasteiger partial charge on any atom is -0.508 e. The first kappa shape index (κ1) is 29.1.